The Morgan fingerprint density at radius 3 is 2.38 bits per heavy atom. The average Bonchev–Trinajstić information content (AvgIpc) is 2.96. The van der Waals surface area contributed by atoms with Crippen LogP contribution in [-0.2, 0) is 6.54 Å². The van der Waals surface area contributed by atoms with Gasteiger partial charge >= 0.3 is 5.88 Å². The van der Waals surface area contributed by atoms with Gasteiger partial charge in [-0.05, 0) is 12.1 Å². The molecule has 0 aliphatic carbocycles. The number of para-hydroxylation sites is 1. The van der Waals surface area contributed by atoms with Crippen LogP contribution in [0, 0.1) is 0 Å². The van der Waals surface area contributed by atoms with Crippen molar-refractivity contribution in [2.75, 3.05) is 6.61 Å². The van der Waals surface area contributed by atoms with Gasteiger partial charge < -0.3 is 4.74 Å². The predicted octanol–water partition coefficient (Wildman–Crippen LogP) is 3.21. The van der Waals surface area contributed by atoms with E-state index < -0.39 is 0 Å². The van der Waals surface area contributed by atoms with Gasteiger partial charge in [0.2, 0.25) is 0 Å². The average molecular weight is 277 g/mol. The molecule has 0 spiro atoms. The summed E-state index contributed by atoms with van der Waals surface area (Å²) < 4.78 is 10.3. The Bertz CT molecular complexity index is 748. The van der Waals surface area contributed by atoms with Crippen molar-refractivity contribution in [2.45, 2.75) is 13.0 Å². The standard InChI is InChI=1S/C18H17N2O/c1-3-8-15(9-4-1)17-14-18-19(12-7-13-21-18)20(17)16-10-5-2-6-11-16/h1-6,8-11,14H,7,12-13H2/q+1. The molecule has 0 radical (unpaired) electrons. The molecule has 0 fully saturated rings. The Balaban J connectivity index is 1.96. The molecule has 0 unspecified atom stereocenters. The highest BCUT2D eigenvalue weighted by molar-refractivity contribution is 5.62. The molecule has 2 heterocycles. The molecule has 0 N–H and O–H groups in total. The highest BCUT2D eigenvalue weighted by atomic mass is 16.5. The molecule has 0 saturated heterocycles. The van der Waals surface area contributed by atoms with Crippen LogP contribution in [0.1, 0.15) is 6.42 Å². The van der Waals surface area contributed by atoms with Crippen LogP contribution >= 0.6 is 0 Å². The molecule has 1 aliphatic heterocycles. The molecule has 2 aromatic carbocycles. The fraction of sp³-hybridized carbons (Fsp3) is 0.167. The zero-order chi connectivity index (χ0) is 14.1. The lowest BCUT2D eigenvalue weighted by Gasteiger charge is -2.11. The van der Waals surface area contributed by atoms with Gasteiger partial charge in [0, 0.05) is 12.0 Å². The van der Waals surface area contributed by atoms with E-state index in [1.165, 1.54) is 11.3 Å². The quantitative estimate of drug-likeness (QED) is 0.658. The van der Waals surface area contributed by atoms with E-state index in [1.54, 1.807) is 0 Å². The van der Waals surface area contributed by atoms with Crippen LogP contribution < -0.4 is 9.42 Å². The van der Waals surface area contributed by atoms with E-state index in [9.17, 15) is 0 Å². The van der Waals surface area contributed by atoms with Crippen LogP contribution in [-0.4, -0.2) is 11.3 Å². The van der Waals surface area contributed by atoms with E-state index in [0.717, 1.165) is 31.1 Å². The summed E-state index contributed by atoms with van der Waals surface area (Å²) in [5.41, 5.74) is 3.53. The molecule has 1 aliphatic rings. The minimum Gasteiger partial charge on any atom is -0.442 e. The van der Waals surface area contributed by atoms with Gasteiger partial charge in [0.05, 0.1) is 6.07 Å². The van der Waals surface area contributed by atoms with Crippen LogP contribution in [0.4, 0.5) is 0 Å². The minimum atomic E-state index is 0.799. The summed E-state index contributed by atoms with van der Waals surface area (Å²) in [6.45, 7) is 1.78. The molecule has 4 rings (SSSR count). The lowest BCUT2D eigenvalue weighted by molar-refractivity contribution is -0.776. The number of hydrogen-bond acceptors (Lipinski definition) is 1. The highest BCUT2D eigenvalue weighted by Gasteiger charge is 2.28. The van der Waals surface area contributed by atoms with Gasteiger partial charge in [-0.15, -0.1) is 4.68 Å². The fourth-order valence-electron chi connectivity index (χ4n) is 2.86. The van der Waals surface area contributed by atoms with Crippen molar-refractivity contribution in [3.8, 4) is 22.8 Å². The van der Waals surface area contributed by atoms with Crippen LogP contribution in [0.3, 0.4) is 0 Å². The largest absolute Gasteiger partial charge is 0.442 e. The third kappa shape index (κ3) is 2.11. The normalized spacial score (nSPS) is 13.5. The van der Waals surface area contributed by atoms with Gasteiger partial charge in [0.25, 0.3) is 0 Å². The van der Waals surface area contributed by atoms with Crippen molar-refractivity contribution in [2.24, 2.45) is 0 Å². The van der Waals surface area contributed by atoms with Crippen molar-refractivity contribution >= 4 is 0 Å². The number of rotatable bonds is 2. The second-order valence-electron chi connectivity index (χ2n) is 5.21. The van der Waals surface area contributed by atoms with Crippen molar-refractivity contribution in [1.29, 1.82) is 0 Å². The maximum Gasteiger partial charge on any atom is 0.394 e. The van der Waals surface area contributed by atoms with E-state index in [4.69, 9.17) is 4.74 Å². The first kappa shape index (κ1) is 12.2. The molecular formula is C18H17N2O+. The molecule has 3 nitrogen and oxygen atoms in total. The van der Waals surface area contributed by atoms with E-state index in [2.05, 4.69) is 64.0 Å². The number of ether oxygens (including phenoxy) is 1. The Hall–Kier alpha value is -2.55. The smallest absolute Gasteiger partial charge is 0.394 e. The molecule has 0 atom stereocenters. The molecule has 0 amide bonds. The number of fused-ring (bicyclic) bond motifs is 1. The minimum absolute atomic E-state index is 0.799. The summed E-state index contributed by atoms with van der Waals surface area (Å²) in [5, 5.41) is 0. The Kier molecular flexibility index (Phi) is 2.96. The van der Waals surface area contributed by atoms with Crippen molar-refractivity contribution in [3.05, 3.63) is 66.7 Å². The fourth-order valence-corrected chi connectivity index (χ4v) is 2.86. The summed E-state index contributed by atoms with van der Waals surface area (Å²) in [5.74, 6) is 0.948. The topological polar surface area (TPSA) is 18.0 Å². The summed E-state index contributed by atoms with van der Waals surface area (Å²) >= 11 is 0. The third-order valence-electron chi connectivity index (χ3n) is 3.82. The molecule has 21 heavy (non-hydrogen) atoms. The Morgan fingerprint density at radius 2 is 1.62 bits per heavy atom. The van der Waals surface area contributed by atoms with E-state index in [1.807, 2.05) is 12.1 Å². The lowest BCUT2D eigenvalue weighted by Crippen LogP contribution is -2.46. The van der Waals surface area contributed by atoms with Gasteiger partial charge in [-0.3, -0.25) is 0 Å². The zero-order valence-corrected chi connectivity index (χ0v) is 11.8. The second kappa shape index (κ2) is 5.09. The molecule has 104 valence electrons. The van der Waals surface area contributed by atoms with Gasteiger partial charge in [-0.25, -0.2) is 0 Å². The molecular weight excluding hydrogens is 260 g/mol. The molecule has 0 bridgehead atoms. The lowest BCUT2D eigenvalue weighted by atomic mass is 10.1. The monoisotopic (exact) mass is 277 g/mol. The van der Waals surface area contributed by atoms with E-state index >= 15 is 0 Å². The van der Waals surface area contributed by atoms with Gasteiger partial charge in [0.15, 0.2) is 6.54 Å². The Morgan fingerprint density at radius 1 is 0.905 bits per heavy atom. The van der Waals surface area contributed by atoms with Crippen molar-refractivity contribution < 1.29 is 9.42 Å². The van der Waals surface area contributed by atoms with Gasteiger partial charge in [-0.1, -0.05) is 53.2 Å². The number of hydrogen-bond donors (Lipinski definition) is 0. The number of nitrogens with zero attached hydrogens (tertiary/aromatic N) is 2. The number of aromatic nitrogens is 2. The van der Waals surface area contributed by atoms with Gasteiger partial charge in [-0.2, -0.15) is 0 Å². The number of benzene rings is 2. The predicted molar refractivity (Wildman–Crippen MR) is 81.5 cm³/mol. The SMILES string of the molecule is c1ccc(-c2cc3[n+](n2-c2ccccc2)CCCO3)cc1. The second-order valence-corrected chi connectivity index (χ2v) is 5.21. The third-order valence-corrected chi connectivity index (χ3v) is 3.82. The summed E-state index contributed by atoms with van der Waals surface area (Å²) in [7, 11) is 0. The first-order valence-electron chi connectivity index (χ1n) is 7.33. The van der Waals surface area contributed by atoms with Crippen molar-refractivity contribution in [1.82, 2.24) is 4.68 Å². The molecule has 1 aromatic heterocycles. The first-order valence-corrected chi connectivity index (χ1v) is 7.33. The van der Waals surface area contributed by atoms with E-state index in [0.29, 0.717) is 0 Å². The first-order chi connectivity index (χ1) is 10.4. The van der Waals surface area contributed by atoms with Crippen molar-refractivity contribution in [3.63, 3.8) is 0 Å². The maximum atomic E-state index is 5.83. The van der Waals surface area contributed by atoms with Gasteiger partial charge in [0.1, 0.15) is 18.0 Å². The van der Waals surface area contributed by atoms with Crippen LogP contribution in [0.25, 0.3) is 16.9 Å². The maximum absolute atomic E-state index is 5.83. The van der Waals surface area contributed by atoms with Crippen LogP contribution in [0.2, 0.25) is 0 Å². The summed E-state index contributed by atoms with van der Waals surface area (Å²) in [6.07, 6.45) is 1.04. The molecule has 3 heteroatoms. The summed E-state index contributed by atoms with van der Waals surface area (Å²) in [6, 6.07) is 23.1. The molecule has 3 aromatic rings. The van der Waals surface area contributed by atoms with Crippen LogP contribution in [0.15, 0.2) is 66.7 Å². The zero-order valence-electron chi connectivity index (χ0n) is 11.8. The summed E-state index contributed by atoms with van der Waals surface area (Å²) in [4.78, 5) is 0. The highest BCUT2D eigenvalue weighted by Crippen LogP contribution is 2.27. The Labute approximate surface area is 124 Å². The van der Waals surface area contributed by atoms with Crippen LogP contribution in [0.5, 0.6) is 5.88 Å². The molecule has 0 saturated carbocycles. The van der Waals surface area contributed by atoms with E-state index in [-0.39, 0.29) is 0 Å².